The van der Waals surface area contributed by atoms with E-state index in [1.54, 1.807) is 87.2 Å². The molecule has 0 aliphatic carbocycles. The van der Waals surface area contributed by atoms with Crippen LogP contribution in [0.4, 0.5) is 0 Å². The summed E-state index contributed by atoms with van der Waals surface area (Å²) in [5, 5.41) is 96.6. The predicted molar refractivity (Wildman–Crippen MR) is 245 cm³/mol. The molecule has 2 radical (unpaired) electrons. The number of benzene rings is 6. The zero-order valence-corrected chi connectivity index (χ0v) is 40.3. The molecule has 0 aliphatic heterocycles. The summed E-state index contributed by atoms with van der Waals surface area (Å²) in [4.78, 5) is 28.8. The van der Waals surface area contributed by atoms with E-state index in [4.69, 9.17) is 50.3 Å². The van der Waals surface area contributed by atoms with Crippen LogP contribution in [-0.2, 0) is 13.1 Å². The Labute approximate surface area is 469 Å². The monoisotopic (exact) mass is 1250 g/mol. The molecule has 7 rings (SSSR count). The van der Waals surface area contributed by atoms with Crippen molar-refractivity contribution in [1.29, 1.82) is 0 Å². The van der Waals surface area contributed by atoms with Crippen LogP contribution in [0.2, 0.25) is 0 Å². The van der Waals surface area contributed by atoms with E-state index in [1.807, 2.05) is 66.7 Å². The Morgan fingerprint density at radius 3 is 1.16 bits per heavy atom. The molecule has 1 aromatic heterocycles. The van der Waals surface area contributed by atoms with Crippen LogP contribution in [0.1, 0.15) is 36.1 Å². The first-order valence-corrected chi connectivity index (χ1v) is 19.4. The number of nitrogens with zero attached hydrogens (tertiary/aromatic N) is 5. The van der Waals surface area contributed by atoms with Crippen LogP contribution in [0.25, 0.3) is 21.5 Å². The number of aliphatic imine (C=N–C) groups is 2. The first kappa shape index (κ1) is 64.6. The maximum Gasteiger partial charge on any atom is 3.00 e. The molecule has 0 atom stereocenters. The molecule has 0 unspecified atom stereocenters. The number of methoxy groups -OCH3 is 2. The van der Waals surface area contributed by atoms with Gasteiger partial charge in [0.2, 0.25) is 0 Å². The molecule has 21 heteroatoms. The molecule has 0 amide bonds. The molecule has 68 heavy (non-hydrogen) atoms. The SMILES string of the molecule is CCO.CCO.COc1cccc(CN=Cc2c([O-])ccc3ccccc23)c1[O-].COc1cccc(CN=Cc2c([O-])ccc3ccccc23)c1[O-].O=[N+]([O-])[O-].O=[N+]([O-])[O-].[Yb+3].[Yb+3].c1ccncc1. The van der Waals surface area contributed by atoms with Crippen molar-refractivity contribution in [3.05, 3.63) is 193 Å². The van der Waals surface area contributed by atoms with E-state index >= 15 is 0 Å². The smallest absolute Gasteiger partial charge is 0.872 e. The van der Waals surface area contributed by atoms with E-state index < -0.39 is 10.2 Å². The van der Waals surface area contributed by atoms with Crippen LogP contribution in [0.15, 0.2) is 150 Å². The number of hydrogen-bond acceptors (Lipinski definition) is 17. The van der Waals surface area contributed by atoms with Gasteiger partial charge < -0.3 is 70.8 Å². The molecule has 0 spiro atoms. The second-order valence-corrected chi connectivity index (χ2v) is 12.3. The van der Waals surface area contributed by atoms with E-state index in [-0.39, 0.29) is 143 Å². The number of para-hydroxylation sites is 2. The fraction of sp³-hybridized carbons (Fsp3) is 0.170. The van der Waals surface area contributed by atoms with Gasteiger partial charge in [0.25, 0.3) is 0 Å². The third kappa shape index (κ3) is 25.0. The number of aliphatic hydroxyl groups excluding tert-OH is 2. The summed E-state index contributed by atoms with van der Waals surface area (Å²) in [5.74, 6) is 0.0838. The van der Waals surface area contributed by atoms with Gasteiger partial charge in [0.05, 0.1) is 37.5 Å². The maximum absolute atomic E-state index is 12.1. The third-order valence-electron chi connectivity index (χ3n) is 7.95. The summed E-state index contributed by atoms with van der Waals surface area (Å²) < 4.78 is 10.0. The molecular weight excluding hydrogens is 1200 g/mol. The number of rotatable bonds is 8. The molecule has 7 aromatic rings. The summed E-state index contributed by atoms with van der Waals surface area (Å²) >= 11 is 0. The summed E-state index contributed by atoms with van der Waals surface area (Å²) in [6, 6.07) is 37.9. The minimum absolute atomic E-state index is 0. The van der Waals surface area contributed by atoms with Gasteiger partial charge in [-0.1, -0.05) is 126 Å². The van der Waals surface area contributed by atoms with Gasteiger partial charge in [-0.3, -0.25) is 15.0 Å². The van der Waals surface area contributed by atoms with Crippen LogP contribution in [0.5, 0.6) is 34.5 Å². The average Bonchev–Trinajstić information content (AvgIpc) is 3.30. The Balaban J connectivity index is 0. The van der Waals surface area contributed by atoms with Crippen molar-refractivity contribution in [3.63, 3.8) is 0 Å². The molecule has 0 aliphatic rings. The van der Waals surface area contributed by atoms with Crippen molar-refractivity contribution in [2.45, 2.75) is 26.9 Å². The second-order valence-electron chi connectivity index (χ2n) is 12.3. The number of ether oxygens (including phenoxy) is 2. The summed E-state index contributed by atoms with van der Waals surface area (Å²) in [6.07, 6.45) is 6.59. The van der Waals surface area contributed by atoms with Gasteiger partial charge in [-0.05, 0) is 81.9 Å². The summed E-state index contributed by atoms with van der Waals surface area (Å²) in [5.41, 5.74) is 2.15. The van der Waals surface area contributed by atoms with Crippen molar-refractivity contribution < 1.29 is 144 Å². The Bertz CT molecular complexity index is 2380. The first-order valence-electron chi connectivity index (χ1n) is 19.4. The quantitative estimate of drug-likeness (QED) is 0.103. The van der Waals surface area contributed by atoms with E-state index in [1.165, 1.54) is 26.4 Å². The zero-order chi connectivity index (χ0) is 49.3. The van der Waals surface area contributed by atoms with E-state index in [0.29, 0.717) is 33.8 Å². The molecule has 0 saturated heterocycles. The van der Waals surface area contributed by atoms with Crippen molar-refractivity contribution in [2.24, 2.45) is 9.98 Å². The average molecular weight is 1250 g/mol. The fourth-order valence-corrected chi connectivity index (χ4v) is 5.29. The van der Waals surface area contributed by atoms with Crippen molar-refractivity contribution in [1.82, 2.24) is 4.98 Å². The molecule has 1 heterocycles. The van der Waals surface area contributed by atoms with Crippen molar-refractivity contribution >= 4 is 34.0 Å². The van der Waals surface area contributed by atoms with Crippen LogP contribution in [0, 0.1) is 124 Å². The Kier molecular flexibility index (Phi) is 36.5. The van der Waals surface area contributed by atoms with Crippen LogP contribution in [-0.4, -0.2) is 65.2 Å². The van der Waals surface area contributed by atoms with Gasteiger partial charge in [-0.2, -0.15) is 0 Å². The predicted octanol–water partition coefficient (Wildman–Crippen LogP) is 5.83. The van der Waals surface area contributed by atoms with Gasteiger partial charge in [0, 0.05) is 38.0 Å². The minimum Gasteiger partial charge on any atom is -0.872 e. The van der Waals surface area contributed by atoms with Gasteiger partial charge >= 0.3 is 93.8 Å². The van der Waals surface area contributed by atoms with Gasteiger partial charge in [-0.15, -0.1) is 0 Å². The van der Waals surface area contributed by atoms with Gasteiger partial charge in [-0.25, -0.2) is 0 Å². The Morgan fingerprint density at radius 1 is 0.529 bits per heavy atom. The standard InChI is InChI=1S/2C19H17NO3.C5H5N.2C2H6O.2NO3.2Yb/c2*1-23-18-8-4-6-14(19(18)22)11-20-12-16-15-7-3-2-5-13(15)9-10-17(16)21;1-2-4-6-5-3-1;2*1-2-3;2*2-1(3)4;;/h2*2-10,12,21-22H,11H2,1H3;1-5H;2*3H,2H2,1H3;;;;/q;;;;;2*-1;2*+3/p-4. The summed E-state index contributed by atoms with van der Waals surface area (Å²) in [6.45, 7) is 4.28. The van der Waals surface area contributed by atoms with Crippen molar-refractivity contribution in [3.8, 4) is 34.5 Å². The number of fused-ring (bicyclic) bond motifs is 2. The number of aliphatic hydroxyl groups is 2. The number of hydrogen-bond donors (Lipinski definition) is 2. The largest absolute Gasteiger partial charge is 3.00 e. The topological polar surface area (TPSA) is 321 Å². The molecular formula is C47H47N5O14Yb2. The van der Waals surface area contributed by atoms with Gasteiger partial charge in [0.15, 0.2) is 0 Å². The summed E-state index contributed by atoms with van der Waals surface area (Å²) in [7, 11) is 2.92. The molecule has 0 fully saturated rings. The normalized spacial score (nSPS) is 9.50. The molecule has 0 bridgehead atoms. The number of pyridine rings is 1. The zero-order valence-electron chi connectivity index (χ0n) is 36.8. The Morgan fingerprint density at radius 2 is 0.868 bits per heavy atom. The fourth-order valence-electron chi connectivity index (χ4n) is 5.29. The van der Waals surface area contributed by atoms with E-state index in [9.17, 15) is 20.4 Å². The first-order chi connectivity index (χ1) is 31.7. The minimum atomic E-state index is -1.75. The molecule has 19 nitrogen and oxygen atoms in total. The maximum atomic E-state index is 12.1. The van der Waals surface area contributed by atoms with Crippen molar-refractivity contribution in [2.75, 3.05) is 27.4 Å². The molecule has 0 saturated carbocycles. The van der Waals surface area contributed by atoms with E-state index in [2.05, 4.69) is 15.0 Å². The third-order valence-corrected chi connectivity index (χ3v) is 7.95. The second kappa shape index (κ2) is 38.5. The van der Waals surface area contributed by atoms with Crippen LogP contribution < -0.4 is 29.9 Å². The van der Waals surface area contributed by atoms with Crippen LogP contribution in [0.3, 0.4) is 0 Å². The van der Waals surface area contributed by atoms with Gasteiger partial charge in [0.1, 0.15) is 11.5 Å². The molecule has 372 valence electrons. The molecule has 6 aromatic carbocycles. The van der Waals surface area contributed by atoms with Crippen LogP contribution >= 0.6 is 0 Å². The number of aromatic nitrogens is 1. The molecule has 2 N–H and O–H groups in total. The Hall–Kier alpha value is -5.51. The van der Waals surface area contributed by atoms with E-state index in [0.717, 1.165) is 21.5 Å².